The first kappa shape index (κ1) is 22.4. The minimum Gasteiger partial charge on any atom is -0.383 e. The fourth-order valence-electron chi connectivity index (χ4n) is 4.33. The molecule has 2 aliphatic rings. The van der Waals surface area contributed by atoms with Gasteiger partial charge in [-0.2, -0.15) is 0 Å². The molecule has 0 radical (unpaired) electrons. The molecule has 158 valence electrons. The number of rotatable bonds is 7. The Kier molecular flexibility index (Phi) is 9.33. The number of likely N-dealkylation sites (tertiary alicyclic amines) is 1. The standard InChI is InChI=1S/C21H42N4O2/c1-21(2,3)19-18(7-6-13-27-19)16-24-20(22-4)23-15-17-8-10-25(11-9-17)12-14-26-5/h17-19H,6-16H2,1-5H3,(H2,22,23,24). The number of guanidine groups is 1. The summed E-state index contributed by atoms with van der Waals surface area (Å²) in [6.07, 6.45) is 5.19. The molecule has 2 heterocycles. The molecule has 0 aromatic carbocycles. The van der Waals surface area contributed by atoms with Crippen LogP contribution < -0.4 is 10.6 Å². The Balaban J connectivity index is 1.70. The molecule has 2 N–H and O–H groups in total. The predicted molar refractivity (Wildman–Crippen MR) is 112 cm³/mol. The van der Waals surface area contributed by atoms with Crippen LogP contribution in [0.15, 0.2) is 4.99 Å². The quantitative estimate of drug-likeness (QED) is 0.523. The Bertz CT molecular complexity index is 442. The van der Waals surface area contributed by atoms with Crippen molar-refractivity contribution in [1.29, 1.82) is 0 Å². The molecule has 2 rings (SSSR count). The lowest BCUT2D eigenvalue weighted by atomic mass is 9.78. The number of nitrogens with one attached hydrogen (secondary N) is 2. The van der Waals surface area contributed by atoms with Gasteiger partial charge in [0.15, 0.2) is 5.96 Å². The van der Waals surface area contributed by atoms with Gasteiger partial charge in [0, 0.05) is 46.3 Å². The first-order valence-corrected chi connectivity index (χ1v) is 10.7. The van der Waals surface area contributed by atoms with E-state index in [1.807, 2.05) is 7.05 Å². The number of piperidine rings is 1. The van der Waals surface area contributed by atoms with Gasteiger partial charge in [-0.1, -0.05) is 20.8 Å². The third-order valence-corrected chi connectivity index (χ3v) is 5.93. The van der Waals surface area contributed by atoms with Crippen molar-refractivity contribution in [2.45, 2.75) is 52.6 Å². The fraction of sp³-hybridized carbons (Fsp3) is 0.952. The van der Waals surface area contributed by atoms with Gasteiger partial charge in [0.2, 0.25) is 0 Å². The van der Waals surface area contributed by atoms with Gasteiger partial charge in [-0.3, -0.25) is 4.99 Å². The number of hydrogen-bond acceptors (Lipinski definition) is 4. The third-order valence-electron chi connectivity index (χ3n) is 5.93. The maximum Gasteiger partial charge on any atom is 0.190 e. The normalized spacial score (nSPS) is 26.2. The van der Waals surface area contributed by atoms with Crippen molar-refractivity contribution in [2.75, 3.05) is 60.1 Å². The van der Waals surface area contributed by atoms with Gasteiger partial charge in [-0.15, -0.1) is 0 Å². The second-order valence-electron chi connectivity index (χ2n) is 9.17. The SMILES string of the molecule is CN=C(NCC1CCN(CCOC)CC1)NCC1CCCOC1C(C)(C)C. The van der Waals surface area contributed by atoms with E-state index in [9.17, 15) is 0 Å². The molecule has 27 heavy (non-hydrogen) atoms. The summed E-state index contributed by atoms with van der Waals surface area (Å²) in [5.74, 6) is 2.19. The van der Waals surface area contributed by atoms with E-state index in [0.717, 1.165) is 51.1 Å². The lowest BCUT2D eigenvalue weighted by molar-refractivity contribution is -0.0835. The van der Waals surface area contributed by atoms with Crippen molar-refractivity contribution in [3.8, 4) is 0 Å². The third kappa shape index (κ3) is 7.59. The maximum atomic E-state index is 6.10. The zero-order chi connectivity index (χ0) is 19.7. The van der Waals surface area contributed by atoms with Crippen LogP contribution in [0.3, 0.4) is 0 Å². The van der Waals surface area contributed by atoms with E-state index in [0.29, 0.717) is 12.0 Å². The molecule has 0 saturated carbocycles. The highest BCUT2D eigenvalue weighted by Crippen LogP contribution is 2.33. The zero-order valence-corrected chi connectivity index (χ0v) is 18.2. The molecule has 0 amide bonds. The van der Waals surface area contributed by atoms with Gasteiger partial charge in [0.1, 0.15) is 0 Å². The van der Waals surface area contributed by atoms with E-state index in [-0.39, 0.29) is 5.41 Å². The monoisotopic (exact) mass is 382 g/mol. The van der Waals surface area contributed by atoms with E-state index < -0.39 is 0 Å². The topological polar surface area (TPSA) is 58.1 Å². The number of methoxy groups -OCH3 is 1. The summed E-state index contributed by atoms with van der Waals surface area (Å²) in [5.41, 5.74) is 0.181. The Labute approximate surface area is 166 Å². The van der Waals surface area contributed by atoms with Crippen molar-refractivity contribution in [3.63, 3.8) is 0 Å². The molecule has 6 nitrogen and oxygen atoms in total. The summed E-state index contributed by atoms with van der Waals surface area (Å²) in [5, 5.41) is 7.09. The second-order valence-corrected chi connectivity index (χ2v) is 9.17. The van der Waals surface area contributed by atoms with Gasteiger partial charge in [-0.25, -0.2) is 0 Å². The van der Waals surface area contributed by atoms with E-state index in [1.165, 1.54) is 32.4 Å². The molecule has 2 atom stereocenters. The van der Waals surface area contributed by atoms with Gasteiger partial charge in [-0.05, 0) is 50.1 Å². The molecule has 2 unspecified atom stereocenters. The first-order chi connectivity index (χ1) is 12.9. The fourth-order valence-corrected chi connectivity index (χ4v) is 4.33. The van der Waals surface area contributed by atoms with Crippen LogP contribution in [0.25, 0.3) is 0 Å². The summed E-state index contributed by atoms with van der Waals surface area (Å²) in [6, 6.07) is 0. The predicted octanol–water partition coefficient (Wildman–Crippen LogP) is 2.35. The molecular formula is C21H42N4O2. The molecule has 2 aliphatic heterocycles. The summed E-state index contributed by atoms with van der Waals surface area (Å²) >= 11 is 0. The lowest BCUT2D eigenvalue weighted by Crippen LogP contribution is -2.48. The smallest absolute Gasteiger partial charge is 0.190 e. The Hall–Kier alpha value is -0.850. The summed E-state index contributed by atoms with van der Waals surface area (Å²) in [7, 11) is 3.64. The number of ether oxygens (including phenoxy) is 2. The molecule has 0 aromatic heterocycles. The highest BCUT2D eigenvalue weighted by Gasteiger charge is 2.35. The molecule has 0 spiro atoms. The Morgan fingerprint density at radius 2 is 1.85 bits per heavy atom. The Morgan fingerprint density at radius 3 is 2.48 bits per heavy atom. The second kappa shape index (κ2) is 11.2. The molecule has 6 heteroatoms. The highest BCUT2D eigenvalue weighted by molar-refractivity contribution is 5.79. The van der Waals surface area contributed by atoms with Crippen LogP contribution in [0.5, 0.6) is 0 Å². The van der Waals surface area contributed by atoms with Crippen LogP contribution in [0.4, 0.5) is 0 Å². The van der Waals surface area contributed by atoms with Crippen LogP contribution >= 0.6 is 0 Å². The van der Waals surface area contributed by atoms with E-state index in [4.69, 9.17) is 9.47 Å². The van der Waals surface area contributed by atoms with Crippen LogP contribution in [-0.4, -0.2) is 77.1 Å². The number of aliphatic imine (C=N–C) groups is 1. The average molecular weight is 383 g/mol. The van der Waals surface area contributed by atoms with Crippen molar-refractivity contribution >= 4 is 5.96 Å². The van der Waals surface area contributed by atoms with Crippen LogP contribution in [-0.2, 0) is 9.47 Å². The van der Waals surface area contributed by atoms with Gasteiger partial charge in [0.05, 0.1) is 12.7 Å². The van der Waals surface area contributed by atoms with Gasteiger partial charge >= 0.3 is 0 Å². The van der Waals surface area contributed by atoms with Gasteiger partial charge < -0.3 is 25.0 Å². The molecular weight excluding hydrogens is 340 g/mol. The van der Waals surface area contributed by atoms with Gasteiger partial charge in [0.25, 0.3) is 0 Å². The summed E-state index contributed by atoms with van der Waals surface area (Å²) in [4.78, 5) is 6.93. The van der Waals surface area contributed by atoms with Crippen molar-refractivity contribution < 1.29 is 9.47 Å². The van der Waals surface area contributed by atoms with E-state index >= 15 is 0 Å². The average Bonchev–Trinajstić information content (AvgIpc) is 2.67. The highest BCUT2D eigenvalue weighted by atomic mass is 16.5. The molecule has 2 fully saturated rings. The lowest BCUT2D eigenvalue weighted by Gasteiger charge is -2.40. The van der Waals surface area contributed by atoms with Crippen molar-refractivity contribution in [1.82, 2.24) is 15.5 Å². The number of nitrogens with zero attached hydrogens (tertiary/aromatic N) is 2. The first-order valence-electron chi connectivity index (χ1n) is 10.7. The molecule has 0 bridgehead atoms. The van der Waals surface area contributed by atoms with Crippen LogP contribution in [0.1, 0.15) is 46.5 Å². The number of hydrogen-bond donors (Lipinski definition) is 2. The van der Waals surface area contributed by atoms with Crippen LogP contribution in [0.2, 0.25) is 0 Å². The molecule has 0 aromatic rings. The van der Waals surface area contributed by atoms with E-state index in [1.54, 1.807) is 7.11 Å². The minimum absolute atomic E-state index is 0.181. The minimum atomic E-state index is 0.181. The summed E-state index contributed by atoms with van der Waals surface area (Å²) < 4.78 is 11.3. The van der Waals surface area contributed by atoms with Crippen molar-refractivity contribution in [3.05, 3.63) is 0 Å². The largest absolute Gasteiger partial charge is 0.383 e. The Morgan fingerprint density at radius 1 is 1.15 bits per heavy atom. The van der Waals surface area contributed by atoms with Crippen LogP contribution in [0, 0.1) is 17.3 Å². The zero-order valence-electron chi connectivity index (χ0n) is 18.2. The maximum absolute atomic E-state index is 6.10. The molecule has 2 saturated heterocycles. The van der Waals surface area contributed by atoms with E-state index in [2.05, 4.69) is 41.3 Å². The molecule has 0 aliphatic carbocycles. The van der Waals surface area contributed by atoms with Crippen molar-refractivity contribution in [2.24, 2.45) is 22.2 Å². The summed E-state index contributed by atoms with van der Waals surface area (Å²) in [6.45, 7) is 13.9.